The monoisotopic (exact) mass is 278 g/mol. The Morgan fingerprint density at radius 3 is 2.95 bits per heavy atom. The van der Waals surface area contributed by atoms with Gasteiger partial charge in [0.05, 0.1) is 12.6 Å². The third-order valence-corrected chi connectivity index (χ3v) is 3.85. The van der Waals surface area contributed by atoms with E-state index in [-0.39, 0.29) is 18.3 Å². The summed E-state index contributed by atoms with van der Waals surface area (Å²) in [5.74, 6) is -0.288. The molecular formula is C15H19FN2O2. The highest BCUT2D eigenvalue weighted by atomic mass is 19.1. The molecule has 108 valence electrons. The number of carbonyl (C=O) groups excluding carboxylic acids is 1. The molecule has 0 radical (unpaired) electrons. The van der Waals surface area contributed by atoms with Crippen LogP contribution in [0.4, 0.5) is 10.1 Å². The van der Waals surface area contributed by atoms with Gasteiger partial charge in [-0.05, 0) is 43.0 Å². The molecule has 1 atom stereocenters. The fraction of sp³-hybridized carbons (Fsp3) is 0.533. The van der Waals surface area contributed by atoms with Gasteiger partial charge in [-0.1, -0.05) is 0 Å². The van der Waals surface area contributed by atoms with E-state index in [4.69, 9.17) is 0 Å². The molecule has 1 saturated carbocycles. The van der Waals surface area contributed by atoms with Crippen LogP contribution >= 0.6 is 0 Å². The predicted molar refractivity (Wildman–Crippen MR) is 74.1 cm³/mol. The quantitative estimate of drug-likeness (QED) is 0.851. The maximum Gasteiger partial charge on any atom is 0.227 e. The number of β-amino-alcohol motifs (C(OH)–C–C–N with tert-alkyl or cyclic N) is 1. The summed E-state index contributed by atoms with van der Waals surface area (Å²) in [6, 6.07) is 4.99. The lowest BCUT2D eigenvalue weighted by Gasteiger charge is -2.31. The van der Waals surface area contributed by atoms with Gasteiger partial charge < -0.3 is 15.3 Å². The van der Waals surface area contributed by atoms with E-state index in [1.54, 1.807) is 11.0 Å². The first-order valence-electron chi connectivity index (χ1n) is 7.14. The van der Waals surface area contributed by atoms with Crippen LogP contribution in [0.25, 0.3) is 0 Å². The Morgan fingerprint density at radius 2 is 2.20 bits per heavy atom. The third kappa shape index (κ3) is 2.99. The van der Waals surface area contributed by atoms with Crippen molar-refractivity contribution in [2.24, 2.45) is 0 Å². The Bertz CT molecular complexity index is 517. The van der Waals surface area contributed by atoms with Crippen molar-refractivity contribution in [3.05, 3.63) is 29.6 Å². The van der Waals surface area contributed by atoms with E-state index in [0.29, 0.717) is 25.4 Å². The standard InChI is InChI=1S/C15H19FN2O2/c16-11-2-5-14-10(7-11)1-6-15(20)18(14)9-13(19)8-17-12-3-4-12/h2,5,7,12-13,17,19H,1,3-4,6,8-9H2. The number of aliphatic hydroxyl groups excluding tert-OH is 1. The van der Waals surface area contributed by atoms with Gasteiger partial charge in [0, 0.05) is 24.7 Å². The summed E-state index contributed by atoms with van der Waals surface area (Å²) < 4.78 is 13.2. The number of aryl methyl sites for hydroxylation is 1. The van der Waals surface area contributed by atoms with E-state index >= 15 is 0 Å². The Morgan fingerprint density at radius 1 is 1.40 bits per heavy atom. The van der Waals surface area contributed by atoms with E-state index in [1.165, 1.54) is 12.1 Å². The van der Waals surface area contributed by atoms with Crippen LogP contribution < -0.4 is 10.2 Å². The lowest BCUT2D eigenvalue weighted by molar-refractivity contribution is -0.119. The minimum Gasteiger partial charge on any atom is -0.390 e. The van der Waals surface area contributed by atoms with E-state index in [1.807, 2.05) is 0 Å². The number of nitrogens with one attached hydrogen (secondary N) is 1. The first kappa shape index (κ1) is 13.5. The van der Waals surface area contributed by atoms with Crippen LogP contribution in [0.1, 0.15) is 24.8 Å². The number of rotatable bonds is 5. The van der Waals surface area contributed by atoms with Crippen LogP contribution in [0.15, 0.2) is 18.2 Å². The molecule has 5 heteroatoms. The zero-order valence-corrected chi connectivity index (χ0v) is 11.3. The molecule has 0 aromatic heterocycles. The maximum absolute atomic E-state index is 13.2. The van der Waals surface area contributed by atoms with Gasteiger partial charge in [-0.3, -0.25) is 4.79 Å². The van der Waals surface area contributed by atoms with Crippen molar-refractivity contribution in [1.29, 1.82) is 0 Å². The number of anilines is 1. The van der Waals surface area contributed by atoms with Crippen LogP contribution in [0.2, 0.25) is 0 Å². The second-order valence-corrected chi connectivity index (χ2v) is 5.61. The second kappa shape index (κ2) is 5.50. The average Bonchev–Trinajstić information content (AvgIpc) is 3.24. The van der Waals surface area contributed by atoms with Crippen molar-refractivity contribution in [1.82, 2.24) is 5.32 Å². The van der Waals surface area contributed by atoms with Gasteiger partial charge >= 0.3 is 0 Å². The van der Waals surface area contributed by atoms with Gasteiger partial charge in [-0.2, -0.15) is 0 Å². The molecule has 0 bridgehead atoms. The van der Waals surface area contributed by atoms with Crippen molar-refractivity contribution >= 4 is 11.6 Å². The molecule has 20 heavy (non-hydrogen) atoms. The number of amides is 1. The van der Waals surface area contributed by atoms with Crippen LogP contribution in [0.5, 0.6) is 0 Å². The number of carbonyl (C=O) groups is 1. The summed E-state index contributed by atoms with van der Waals surface area (Å²) in [5, 5.41) is 13.3. The van der Waals surface area contributed by atoms with Gasteiger partial charge in [0.25, 0.3) is 0 Å². The lowest BCUT2D eigenvalue weighted by Crippen LogP contribution is -2.44. The second-order valence-electron chi connectivity index (χ2n) is 5.61. The molecule has 1 heterocycles. The van der Waals surface area contributed by atoms with Gasteiger partial charge in [-0.25, -0.2) is 4.39 Å². The normalized spacial score (nSPS) is 19.9. The topological polar surface area (TPSA) is 52.6 Å². The molecule has 1 aromatic carbocycles. The third-order valence-electron chi connectivity index (χ3n) is 3.85. The number of hydrogen-bond donors (Lipinski definition) is 2. The lowest BCUT2D eigenvalue weighted by atomic mass is 10.0. The molecule has 1 unspecified atom stereocenters. The minimum absolute atomic E-state index is 0.00502. The van der Waals surface area contributed by atoms with Crippen molar-refractivity contribution in [3.63, 3.8) is 0 Å². The summed E-state index contributed by atoms with van der Waals surface area (Å²) in [5.41, 5.74) is 1.57. The number of fused-ring (bicyclic) bond motifs is 1. The number of benzene rings is 1. The summed E-state index contributed by atoms with van der Waals surface area (Å²) in [6.45, 7) is 0.752. The maximum atomic E-state index is 13.2. The van der Waals surface area contributed by atoms with E-state index in [2.05, 4.69) is 5.32 Å². The molecule has 1 amide bonds. The molecule has 3 rings (SSSR count). The molecule has 1 aliphatic heterocycles. The molecular weight excluding hydrogens is 259 g/mol. The largest absolute Gasteiger partial charge is 0.390 e. The van der Waals surface area contributed by atoms with Crippen LogP contribution in [-0.2, 0) is 11.2 Å². The van der Waals surface area contributed by atoms with E-state index < -0.39 is 6.10 Å². The van der Waals surface area contributed by atoms with Gasteiger partial charge in [0.15, 0.2) is 0 Å². The zero-order valence-electron chi connectivity index (χ0n) is 11.3. The van der Waals surface area contributed by atoms with Gasteiger partial charge in [-0.15, -0.1) is 0 Å². The molecule has 4 nitrogen and oxygen atoms in total. The summed E-state index contributed by atoms with van der Waals surface area (Å²) in [6.07, 6.45) is 2.67. The SMILES string of the molecule is O=C1CCc2cc(F)ccc2N1CC(O)CNC1CC1. The fourth-order valence-electron chi connectivity index (χ4n) is 2.59. The predicted octanol–water partition coefficient (Wildman–Crippen LogP) is 1.22. The minimum atomic E-state index is -0.601. The van der Waals surface area contributed by atoms with Gasteiger partial charge in [0.1, 0.15) is 5.82 Å². The molecule has 0 saturated heterocycles. The van der Waals surface area contributed by atoms with Crippen LogP contribution in [0.3, 0.4) is 0 Å². The Balaban J connectivity index is 1.69. The highest BCUT2D eigenvalue weighted by Gasteiger charge is 2.27. The summed E-state index contributed by atoms with van der Waals surface area (Å²) in [4.78, 5) is 13.6. The summed E-state index contributed by atoms with van der Waals surface area (Å²) >= 11 is 0. The van der Waals surface area contributed by atoms with Crippen molar-refractivity contribution < 1.29 is 14.3 Å². The molecule has 2 N–H and O–H groups in total. The zero-order chi connectivity index (χ0) is 14.1. The smallest absolute Gasteiger partial charge is 0.227 e. The molecule has 1 aliphatic carbocycles. The van der Waals surface area contributed by atoms with Crippen LogP contribution in [0, 0.1) is 5.82 Å². The Kier molecular flexibility index (Phi) is 3.72. The van der Waals surface area contributed by atoms with Crippen molar-refractivity contribution in [3.8, 4) is 0 Å². The molecule has 2 aliphatic rings. The van der Waals surface area contributed by atoms with E-state index in [9.17, 15) is 14.3 Å². The first-order valence-corrected chi connectivity index (χ1v) is 7.14. The number of aliphatic hydroxyl groups is 1. The average molecular weight is 278 g/mol. The number of nitrogens with zero attached hydrogens (tertiary/aromatic N) is 1. The van der Waals surface area contributed by atoms with Crippen molar-refractivity contribution in [2.75, 3.05) is 18.0 Å². The fourth-order valence-corrected chi connectivity index (χ4v) is 2.59. The number of halogens is 1. The van der Waals surface area contributed by atoms with E-state index in [0.717, 1.165) is 24.1 Å². The first-order chi connectivity index (χ1) is 9.63. The highest BCUT2D eigenvalue weighted by molar-refractivity contribution is 5.96. The summed E-state index contributed by atoms with van der Waals surface area (Å²) in [7, 11) is 0. The number of hydrogen-bond acceptors (Lipinski definition) is 3. The Labute approximate surface area is 117 Å². The van der Waals surface area contributed by atoms with Gasteiger partial charge in [0.2, 0.25) is 5.91 Å². The van der Waals surface area contributed by atoms with Crippen molar-refractivity contribution in [2.45, 2.75) is 37.8 Å². The Hall–Kier alpha value is -1.46. The molecule has 0 spiro atoms. The molecule has 1 aromatic rings. The van der Waals surface area contributed by atoms with Crippen LogP contribution in [-0.4, -0.2) is 36.2 Å². The molecule has 1 fully saturated rings. The highest BCUT2D eigenvalue weighted by Crippen LogP contribution is 2.28.